The summed E-state index contributed by atoms with van der Waals surface area (Å²) in [6.07, 6.45) is 3.75. The molecule has 1 aliphatic carbocycles. The summed E-state index contributed by atoms with van der Waals surface area (Å²) in [5, 5.41) is 19.6. The molecular weight excluding hydrogens is 284 g/mol. The van der Waals surface area contributed by atoms with Crippen molar-refractivity contribution < 1.29 is 14.7 Å². The Morgan fingerprint density at radius 2 is 2.00 bits per heavy atom. The highest BCUT2D eigenvalue weighted by Crippen LogP contribution is 2.35. The summed E-state index contributed by atoms with van der Waals surface area (Å²) >= 11 is 0. The Morgan fingerprint density at radius 3 is 2.59 bits per heavy atom. The number of aromatic nitrogens is 3. The van der Waals surface area contributed by atoms with Crippen LogP contribution in [-0.4, -0.2) is 37.5 Å². The van der Waals surface area contributed by atoms with Crippen molar-refractivity contribution in [2.45, 2.75) is 31.2 Å². The molecular formula is C15H16N4O3. The fourth-order valence-electron chi connectivity index (χ4n) is 2.62. The first kappa shape index (κ1) is 14.2. The molecule has 114 valence electrons. The summed E-state index contributed by atoms with van der Waals surface area (Å²) in [5.74, 6) is -1.30. The van der Waals surface area contributed by atoms with Gasteiger partial charge in [-0.1, -0.05) is 23.4 Å². The second-order valence-corrected chi connectivity index (χ2v) is 5.54. The number of carboxylic acids is 1. The summed E-state index contributed by atoms with van der Waals surface area (Å²) in [6, 6.07) is 9.34. The molecule has 1 aromatic carbocycles. The monoisotopic (exact) mass is 300 g/mol. The maximum Gasteiger partial charge on any atom is 0.305 e. The van der Waals surface area contributed by atoms with Crippen LogP contribution in [0.3, 0.4) is 0 Å². The molecule has 3 rings (SSSR count). The van der Waals surface area contributed by atoms with Crippen LogP contribution >= 0.6 is 0 Å². The number of hydrogen-bond acceptors (Lipinski definition) is 4. The van der Waals surface area contributed by atoms with Gasteiger partial charge in [0.15, 0.2) is 5.69 Å². The molecule has 1 fully saturated rings. The van der Waals surface area contributed by atoms with Gasteiger partial charge < -0.3 is 10.4 Å². The molecule has 0 saturated heterocycles. The lowest BCUT2D eigenvalue weighted by Gasteiger charge is -2.41. The maximum atomic E-state index is 12.3. The first-order chi connectivity index (χ1) is 10.6. The molecule has 1 aromatic heterocycles. The van der Waals surface area contributed by atoms with Crippen molar-refractivity contribution in [1.82, 2.24) is 20.3 Å². The van der Waals surface area contributed by atoms with Gasteiger partial charge >= 0.3 is 5.97 Å². The number of amides is 1. The van der Waals surface area contributed by atoms with E-state index in [0.29, 0.717) is 12.8 Å². The van der Waals surface area contributed by atoms with Gasteiger partial charge in [0.05, 0.1) is 23.8 Å². The molecule has 0 atom stereocenters. The normalized spacial score (nSPS) is 15.8. The van der Waals surface area contributed by atoms with Gasteiger partial charge in [-0.3, -0.25) is 9.59 Å². The molecule has 22 heavy (non-hydrogen) atoms. The summed E-state index contributed by atoms with van der Waals surface area (Å²) < 4.78 is 1.51. The lowest BCUT2D eigenvalue weighted by molar-refractivity contribution is -0.139. The number of nitrogens with zero attached hydrogens (tertiary/aromatic N) is 3. The molecule has 0 unspecified atom stereocenters. The molecule has 0 aliphatic heterocycles. The highest BCUT2D eigenvalue weighted by Gasteiger charge is 2.40. The second kappa shape index (κ2) is 5.59. The standard InChI is InChI=1S/C15H16N4O3/c20-13(21)9-15(7-4-8-15)16-14(22)12-10-19(18-17-12)11-5-2-1-3-6-11/h1-3,5-6,10H,4,7-9H2,(H,16,22)(H,20,21). The van der Waals surface area contributed by atoms with Crippen molar-refractivity contribution in [2.75, 3.05) is 0 Å². The topological polar surface area (TPSA) is 97.1 Å². The minimum Gasteiger partial charge on any atom is -0.481 e. The average molecular weight is 300 g/mol. The Bertz CT molecular complexity index is 692. The van der Waals surface area contributed by atoms with Gasteiger partial charge in [0.2, 0.25) is 0 Å². The second-order valence-electron chi connectivity index (χ2n) is 5.54. The number of para-hydroxylation sites is 1. The predicted octanol–water partition coefficient (Wildman–Crippen LogP) is 1.39. The zero-order valence-electron chi connectivity index (χ0n) is 11.9. The third-order valence-corrected chi connectivity index (χ3v) is 3.93. The lowest BCUT2D eigenvalue weighted by atomic mass is 9.74. The van der Waals surface area contributed by atoms with Crippen molar-refractivity contribution >= 4 is 11.9 Å². The van der Waals surface area contributed by atoms with E-state index in [-0.39, 0.29) is 18.0 Å². The quantitative estimate of drug-likeness (QED) is 0.869. The number of hydrogen-bond donors (Lipinski definition) is 2. The van der Waals surface area contributed by atoms with E-state index in [9.17, 15) is 9.59 Å². The van der Waals surface area contributed by atoms with Crippen molar-refractivity contribution in [3.05, 3.63) is 42.2 Å². The highest BCUT2D eigenvalue weighted by atomic mass is 16.4. The van der Waals surface area contributed by atoms with Gasteiger partial charge in [-0.25, -0.2) is 4.68 Å². The molecule has 7 heteroatoms. The maximum absolute atomic E-state index is 12.3. The van der Waals surface area contributed by atoms with Crippen molar-refractivity contribution in [1.29, 1.82) is 0 Å². The number of benzene rings is 1. The first-order valence-corrected chi connectivity index (χ1v) is 7.10. The summed E-state index contributed by atoms with van der Waals surface area (Å²) in [5.41, 5.74) is 0.345. The summed E-state index contributed by atoms with van der Waals surface area (Å²) in [7, 11) is 0. The van der Waals surface area contributed by atoms with Crippen LogP contribution in [0.4, 0.5) is 0 Å². The Morgan fingerprint density at radius 1 is 1.27 bits per heavy atom. The minimum absolute atomic E-state index is 0.0639. The molecule has 2 aromatic rings. The van der Waals surface area contributed by atoms with E-state index in [4.69, 9.17) is 5.11 Å². The van der Waals surface area contributed by atoms with Gasteiger partial charge in [-0.15, -0.1) is 5.10 Å². The molecule has 0 bridgehead atoms. The van der Waals surface area contributed by atoms with E-state index in [1.54, 1.807) is 0 Å². The van der Waals surface area contributed by atoms with E-state index in [2.05, 4.69) is 15.6 Å². The summed E-state index contributed by atoms with van der Waals surface area (Å²) in [6.45, 7) is 0. The molecule has 1 aliphatic rings. The van der Waals surface area contributed by atoms with E-state index >= 15 is 0 Å². The lowest BCUT2D eigenvalue weighted by Crippen LogP contribution is -2.54. The van der Waals surface area contributed by atoms with Crippen molar-refractivity contribution in [3.63, 3.8) is 0 Å². The van der Waals surface area contributed by atoms with Crippen LogP contribution in [0.25, 0.3) is 5.69 Å². The zero-order chi connectivity index (χ0) is 15.6. The fourth-order valence-corrected chi connectivity index (χ4v) is 2.62. The van der Waals surface area contributed by atoms with Crippen LogP contribution in [0.2, 0.25) is 0 Å². The third-order valence-electron chi connectivity index (χ3n) is 3.93. The minimum atomic E-state index is -0.909. The van der Waals surface area contributed by atoms with E-state index in [0.717, 1.165) is 12.1 Å². The Labute approximate surface area is 126 Å². The van der Waals surface area contributed by atoms with Gasteiger partial charge in [0, 0.05) is 0 Å². The number of aliphatic carboxylic acids is 1. The Kier molecular flexibility index (Phi) is 3.62. The van der Waals surface area contributed by atoms with Crippen LogP contribution in [0.15, 0.2) is 36.5 Å². The highest BCUT2D eigenvalue weighted by molar-refractivity contribution is 5.93. The van der Waals surface area contributed by atoms with E-state index in [1.165, 1.54) is 10.9 Å². The molecule has 7 nitrogen and oxygen atoms in total. The number of rotatable bonds is 5. The average Bonchev–Trinajstić information content (AvgIpc) is 2.95. The van der Waals surface area contributed by atoms with Crippen LogP contribution < -0.4 is 5.32 Å². The van der Waals surface area contributed by atoms with Crippen LogP contribution in [0, 0.1) is 0 Å². The van der Waals surface area contributed by atoms with Crippen LogP contribution in [0.5, 0.6) is 0 Å². The van der Waals surface area contributed by atoms with Gasteiger partial charge in [-0.05, 0) is 31.4 Å². The number of carbonyl (C=O) groups is 2. The molecule has 1 saturated carbocycles. The Balaban J connectivity index is 1.73. The number of carboxylic acid groups (broad SMARTS) is 1. The summed E-state index contributed by atoms with van der Waals surface area (Å²) in [4.78, 5) is 23.2. The molecule has 1 heterocycles. The van der Waals surface area contributed by atoms with Crippen LogP contribution in [0.1, 0.15) is 36.2 Å². The SMILES string of the molecule is O=C(O)CC1(NC(=O)c2cn(-c3ccccc3)nn2)CCC1. The smallest absolute Gasteiger partial charge is 0.305 e. The molecule has 1 amide bonds. The third kappa shape index (κ3) is 2.83. The van der Waals surface area contributed by atoms with Crippen molar-refractivity contribution in [3.8, 4) is 5.69 Å². The van der Waals surface area contributed by atoms with Crippen molar-refractivity contribution in [2.24, 2.45) is 0 Å². The molecule has 0 spiro atoms. The Hall–Kier alpha value is -2.70. The largest absolute Gasteiger partial charge is 0.481 e. The van der Waals surface area contributed by atoms with E-state index in [1.807, 2.05) is 30.3 Å². The zero-order valence-corrected chi connectivity index (χ0v) is 11.9. The number of nitrogens with one attached hydrogen (secondary N) is 1. The first-order valence-electron chi connectivity index (χ1n) is 7.10. The van der Waals surface area contributed by atoms with Gasteiger partial charge in [0.1, 0.15) is 0 Å². The van der Waals surface area contributed by atoms with Gasteiger partial charge in [0.25, 0.3) is 5.91 Å². The predicted molar refractivity (Wildman–Crippen MR) is 77.7 cm³/mol. The number of carbonyl (C=O) groups excluding carboxylic acids is 1. The van der Waals surface area contributed by atoms with Crippen LogP contribution in [-0.2, 0) is 4.79 Å². The van der Waals surface area contributed by atoms with E-state index < -0.39 is 11.5 Å². The van der Waals surface area contributed by atoms with Gasteiger partial charge in [-0.2, -0.15) is 0 Å². The molecule has 2 N–H and O–H groups in total. The molecule has 0 radical (unpaired) electrons. The fraction of sp³-hybridized carbons (Fsp3) is 0.333.